The molecule has 1 aliphatic rings. The van der Waals surface area contributed by atoms with Gasteiger partial charge in [0, 0.05) is 12.6 Å². The zero-order valence-corrected chi connectivity index (χ0v) is 10.6. The van der Waals surface area contributed by atoms with Gasteiger partial charge in [-0.3, -0.25) is 0 Å². The minimum atomic E-state index is -0.267. The fourth-order valence-electron chi connectivity index (χ4n) is 1.50. The standard InChI is InChI=1S/C10H23NOSi/c1-10(2,3)8-13-12-7-9-5-4-6-11-9/h9,11H,4-8,13H2,1-3H3/t9-/m1/s1. The molecule has 13 heavy (non-hydrogen) atoms. The van der Waals surface area contributed by atoms with E-state index in [4.69, 9.17) is 4.43 Å². The molecular formula is C10H23NOSi. The normalized spacial score (nSPS) is 24.7. The number of nitrogens with one attached hydrogen (secondary N) is 1. The fourth-order valence-corrected chi connectivity index (χ4v) is 2.71. The van der Waals surface area contributed by atoms with E-state index in [1.54, 1.807) is 0 Å². The van der Waals surface area contributed by atoms with E-state index in [1.165, 1.54) is 25.4 Å². The fraction of sp³-hybridized carbons (Fsp3) is 1.00. The van der Waals surface area contributed by atoms with Crippen molar-refractivity contribution < 1.29 is 4.43 Å². The second-order valence-corrected chi connectivity index (χ2v) is 6.50. The first-order valence-corrected chi connectivity index (χ1v) is 6.97. The van der Waals surface area contributed by atoms with Crippen molar-refractivity contribution in [2.45, 2.75) is 45.7 Å². The Kier molecular flexibility index (Phi) is 4.42. The third-order valence-electron chi connectivity index (χ3n) is 2.48. The molecule has 1 saturated heterocycles. The summed E-state index contributed by atoms with van der Waals surface area (Å²) in [4.78, 5) is 0. The Morgan fingerprint density at radius 3 is 2.77 bits per heavy atom. The van der Waals surface area contributed by atoms with E-state index in [2.05, 4.69) is 26.1 Å². The van der Waals surface area contributed by atoms with E-state index in [0.717, 1.165) is 6.61 Å². The van der Waals surface area contributed by atoms with Crippen LogP contribution in [0.25, 0.3) is 0 Å². The van der Waals surface area contributed by atoms with Crippen LogP contribution in [0.4, 0.5) is 0 Å². The Hall–Kier alpha value is 0.137. The van der Waals surface area contributed by atoms with Gasteiger partial charge in [-0.15, -0.1) is 0 Å². The molecule has 2 nitrogen and oxygen atoms in total. The summed E-state index contributed by atoms with van der Waals surface area (Å²) < 4.78 is 5.77. The maximum atomic E-state index is 5.77. The number of hydrogen-bond donors (Lipinski definition) is 1. The lowest BCUT2D eigenvalue weighted by Crippen LogP contribution is -2.28. The molecule has 1 fully saturated rings. The Morgan fingerprint density at radius 1 is 1.46 bits per heavy atom. The maximum absolute atomic E-state index is 5.77. The predicted molar refractivity (Wildman–Crippen MR) is 59.8 cm³/mol. The first kappa shape index (κ1) is 11.2. The van der Waals surface area contributed by atoms with Gasteiger partial charge in [0.2, 0.25) is 0 Å². The molecule has 0 aromatic rings. The molecule has 0 aromatic carbocycles. The van der Waals surface area contributed by atoms with E-state index in [1.807, 2.05) is 0 Å². The molecule has 1 atom stereocenters. The second-order valence-electron chi connectivity index (χ2n) is 5.18. The quantitative estimate of drug-likeness (QED) is 0.547. The van der Waals surface area contributed by atoms with Gasteiger partial charge in [-0.1, -0.05) is 20.8 Å². The van der Waals surface area contributed by atoms with Crippen LogP contribution in [0.3, 0.4) is 0 Å². The van der Waals surface area contributed by atoms with Crippen LogP contribution in [-0.2, 0) is 4.43 Å². The summed E-state index contributed by atoms with van der Waals surface area (Å²) in [5.74, 6) is 0. The summed E-state index contributed by atoms with van der Waals surface area (Å²) in [6.07, 6.45) is 2.64. The van der Waals surface area contributed by atoms with E-state index in [9.17, 15) is 0 Å². The predicted octanol–water partition coefficient (Wildman–Crippen LogP) is 1.30. The maximum Gasteiger partial charge on any atom is 0.162 e. The van der Waals surface area contributed by atoms with Crippen molar-refractivity contribution in [3.05, 3.63) is 0 Å². The summed E-state index contributed by atoms with van der Waals surface area (Å²) >= 11 is 0. The molecule has 0 aliphatic carbocycles. The second kappa shape index (κ2) is 5.13. The molecule has 78 valence electrons. The molecule has 0 unspecified atom stereocenters. The largest absolute Gasteiger partial charge is 0.422 e. The van der Waals surface area contributed by atoms with Crippen molar-refractivity contribution in [1.29, 1.82) is 0 Å². The number of rotatable bonds is 4. The van der Waals surface area contributed by atoms with Crippen LogP contribution in [0.2, 0.25) is 6.04 Å². The lowest BCUT2D eigenvalue weighted by molar-refractivity contribution is 0.282. The van der Waals surface area contributed by atoms with Crippen molar-refractivity contribution in [1.82, 2.24) is 5.32 Å². The molecule has 0 saturated carbocycles. The van der Waals surface area contributed by atoms with Crippen LogP contribution >= 0.6 is 0 Å². The van der Waals surface area contributed by atoms with Gasteiger partial charge in [0.05, 0.1) is 0 Å². The van der Waals surface area contributed by atoms with Crippen molar-refractivity contribution in [3.63, 3.8) is 0 Å². The van der Waals surface area contributed by atoms with E-state index in [0.29, 0.717) is 11.5 Å². The minimum Gasteiger partial charge on any atom is -0.422 e. The van der Waals surface area contributed by atoms with Crippen molar-refractivity contribution in [3.8, 4) is 0 Å². The van der Waals surface area contributed by atoms with E-state index in [-0.39, 0.29) is 9.76 Å². The summed E-state index contributed by atoms with van der Waals surface area (Å²) in [5, 5.41) is 3.45. The highest BCUT2D eigenvalue weighted by Gasteiger charge is 2.14. The molecule has 1 rings (SSSR count). The van der Waals surface area contributed by atoms with Crippen molar-refractivity contribution >= 4 is 9.76 Å². The SMILES string of the molecule is CC(C)(C)C[SiH2]OC[C@H]1CCCN1. The van der Waals surface area contributed by atoms with Gasteiger partial charge in [-0.25, -0.2) is 0 Å². The molecule has 0 amide bonds. The highest BCUT2D eigenvalue weighted by Crippen LogP contribution is 2.18. The lowest BCUT2D eigenvalue weighted by atomic mass is 10.0. The van der Waals surface area contributed by atoms with Gasteiger partial charge in [-0.2, -0.15) is 0 Å². The summed E-state index contributed by atoms with van der Waals surface area (Å²) in [5.41, 5.74) is 0.468. The minimum absolute atomic E-state index is 0.267. The Balaban J connectivity index is 1.94. The van der Waals surface area contributed by atoms with Crippen LogP contribution in [0.5, 0.6) is 0 Å². The Bertz CT molecular complexity index is 138. The summed E-state index contributed by atoms with van der Waals surface area (Å²) in [6.45, 7) is 9.02. The topological polar surface area (TPSA) is 21.3 Å². The van der Waals surface area contributed by atoms with Gasteiger partial charge < -0.3 is 9.74 Å². The molecule has 0 bridgehead atoms. The van der Waals surface area contributed by atoms with Gasteiger partial charge >= 0.3 is 0 Å². The zero-order valence-electron chi connectivity index (χ0n) is 9.23. The summed E-state index contributed by atoms with van der Waals surface area (Å²) in [6, 6.07) is 1.95. The smallest absolute Gasteiger partial charge is 0.162 e. The van der Waals surface area contributed by atoms with Gasteiger partial charge in [0.25, 0.3) is 0 Å². The first-order chi connectivity index (χ1) is 6.08. The highest BCUT2D eigenvalue weighted by atomic mass is 28.2. The average molecular weight is 201 g/mol. The summed E-state index contributed by atoms with van der Waals surface area (Å²) in [7, 11) is -0.267. The van der Waals surface area contributed by atoms with Crippen LogP contribution < -0.4 is 5.32 Å². The van der Waals surface area contributed by atoms with Gasteiger partial charge in [0.1, 0.15) is 0 Å². The van der Waals surface area contributed by atoms with E-state index >= 15 is 0 Å². The third kappa shape index (κ3) is 5.44. The van der Waals surface area contributed by atoms with Crippen molar-refractivity contribution in [2.75, 3.05) is 13.2 Å². The lowest BCUT2D eigenvalue weighted by Gasteiger charge is -2.18. The van der Waals surface area contributed by atoms with Crippen LogP contribution in [-0.4, -0.2) is 29.0 Å². The Labute approximate surface area is 84.4 Å². The van der Waals surface area contributed by atoms with E-state index < -0.39 is 0 Å². The third-order valence-corrected chi connectivity index (χ3v) is 4.71. The first-order valence-electron chi connectivity index (χ1n) is 5.39. The van der Waals surface area contributed by atoms with Crippen molar-refractivity contribution in [2.24, 2.45) is 5.41 Å². The van der Waals surface area contributed by atoms with Gasteiger partial charge in [0.15, 0.2) is 9.76 Å². The van der Waals surface area contributed by atoms with Crippen LogP contribution in [0.1, 0.15) is 33.6 Å². The molecule has 0 radical (unpaired) electrons. The van der Waals surface area contributed by atoms with Crippen LogP contribution in [0, 0.1) is 5.41 Å². The zero-order chi connectivity index (χ0) is 9.73. The monoisotopic (exact) mass is 201 g/mol. The molecule has 1 N–H and O–H groups in total. The average Bonchev–Trinajstić information content (AvgIpc) is 2.48. The van der Waals surface area contributed by atoms with Crippen LogP contribution in [0.15, 0.2) is 0 Å². The molecular weight excluding hydrogens is 178 g/mol. The molecule has 1 aliphatic heterocycles. The van der Waals surface area contributed by atoms with Gasteiger partial charge in [-0.05, 0) is 30.8 Å². The molecule has 1 heterocycles. The molecule has 0 spiro atoms. The molecule has 3 heteroatoms. The number of hydrogen-bond acceptors (Lipinski definition) is 2. The Morgan fingerprint density at radius 2 is 2.23 bits per heavy atom. The highest BCUT2D eigenvalue weighted by molar-refractivity contribution is 6.27. The molecule has 0 aromatic heterocycles.